The van der Waals surface area contributed by atoms with E-state index >= 15 is 0 Å². The first kappa shape index (κ1) is 15.4. The molecular weight excluding hydrogens is 280 g/mol. The quantitative estimate of drug-likeness (QED) is 0.866. The minimum Gasteiger partial charge on any atom is -0.455 e. The smallest absolute Gasteiger partial charge is 0.156 e. The molecule has 1 aromatic heterocycles. The number of ether oxygens (including phenoxy) is 1. The SMILES string of the molecule is Cc1ccc(Oc2cccnc2C(N)=S)c(C(C)(C)C)c1. The minimum atomic E-state index is -0.0209. The van der Waals surface area contributed by atoms with E-state index < -0.39 is 0 Å². The number of nitrogens with two attached hydrogens (primary N) is 1. The van der Waals surface area contributed by atoms with Crippen molar-refractivity contribution in [2.24, 2.45) is 5.73 Å². The first-order valence-electron chi connectivity index (χ1n) is 6.83. The van der Waals surface area contributed by atoms with E-state index in [0.29, 0.717) is 11.4 Å². The summed E-state index contributed by atoms with van der Waals surface area (Å²) in [5, 5.41) is 0. The Kier molecular flexibility index (Phi) is 4.28. The number of hydrogen-bond acceptors (Lipinski definition) is 3. The highest BCUT2D eigenvalue weighted by molar-refractivity contribution is 7.80. The molecule has 0 fully saturated rings. The van der Waals surface area contributed by atoms with Crippen molar-refractivity contribution < 1.29 is 4.74 Å². The van der Waals surface area contributed by atoms with Gasteiger partial charge in [0, 0.05) is 11.8 Å². The highest BCUT2D eigenvalue weighted by Crippen LogP contribution is 2.35. The van der Waals surface area contributed by atoms with Crippen LogP contribution in [-0.4, -0.2) is 9.97 Å². The second-order valence-corrected chi connectivity index (χ2v) is 6.51. The van der Waals surface area contributed by atoms with E-state index in [1.165, 1.54) is 5.56 Å². The molecule has 0 aliphatic heterocycles. The van der Waals surface area contributed by atoms with Gasteiger partial charge < -0.3 is 10.5 Å². The molecule has 0 amide bonds. The van der Waals surface area contributed by atoms with E-state index in [9.17, 15) is 0 Å². The van der Waals surface area contributed by atoms with E-state index in [4.69, 9.17) is 22.7 Å². The summed E-state index contributed by atoms with van der Waals surface area (Å²) in [6.45, 7) is 8.55. The zero-order chi connectivity index (χ0) is 15.6. The summed E-state index contributed by atoms with van der Waals surface area (Å²) < 4.78 is 6.05. The van der Waals surface area contributed by atoms with Crippen LogP contribution in [0.15, 0.2) is 36.5 Å². The average Bonchev–Trinajstić information content (AvgIpc) is 2.40. The van der Waals surface area contributed by atoms with Crippen molar-refractivity contribution in [3.63, 3.8) is 0 Å². The van der Waals surface area contributed by atoms with Crippen LogP contribution in [-0.2, 0) is 5.41 Å². The molecule has 110 valence electrons. The van der Waals surface area contributed by atoms with E-state index in [0.717, 1.165) is 11.3 Å². The number of benzene rings is 1. The van der Waals surface area contributed by atoms with E-state index in [1.807, 2.05) is 24.3 Å². The lowest BCUT2D eigenvalue weighted by Gasteiger charge is -2.23. The van der Waals surface area contributed by atoms with Gasteiger partial charge in [-0.15, -0.1) is 0 Å². The van der Waals surface area contributed by atoms with Crippen LogP contribution in [0.2, 0.25) is 0 Å². The van der Waals surface area contributed by atoms with Crippen LogP contribution in [0.3, 0.4) is 0 Å². The fraction of sp³-hybridized carbons (Fsp3) is 0.294. The highest BCUT2D eigenvalue weighted by atomic mass is 32.1. The lowest BCUT2D eigenvalue weighted by atomic mass is 9.85. The minimum absolute atomic E-state index is 0.0209. The van der Waals surface area contributed by atoms with Crippen LogP contribution >= 0.6 is 12.2 Å². The summed E-state index contributed by atoms with van der Waals surface area (Å²) in [4.78, 5) is 4.42. The maximum absolute atomic E-state index is 6.05. The Bertz CT molecular complexity index is 675. The molecule has 4 heteroatoms. The second-order valence-electron chi connectivity index (χ2n) is 6.07. The summed E-state index contributed by atoms with van der Waals surface area (Å²) in [6, 6.07) is 9.79. The Morgan fingerprint density at radius 2 is 1.90 bits per heavy atom. The molecular formula is C17H20N2OS. The molecule has 0 atom stereocenters. The molecule has 1 heterocycles. The number of aryl methyl sites for hydroxylation is 1. The number of rotatable bonds is 3. The molecule has 21 heavy (non-hydrogen) atoms. The Labute approximate surface area is 131 Å². The van der Waals surface area contributed by atoms with Crippen LogP contribution in [0.4, 0.5) is 0 Å². The van der Waals surface area contributed by atoms with Gasteiger partial charge in [-0.05, 0) is 30.5 Å². The fourth-order valence-electron chi connectivity index (χ4n) is 2.10. The van der Waals surface area contributed by atoms with Crippen molar-refractivity contribution in [3.8, 4) is 11.5 Å². The van der Waals surface area contributed by atoms with Gasteiger partial charge in [-0.2, -0.15) is 0 Å². The van der Waals surface area contributed by atoms with Crippen molar-refractivity contribution in [2.45, 2.75) is 33.1 Å². The zero-order valence-corrected chi connectivity index (χ0v) is 13.6. The van der Waals surface area contributed by atoms with Crippen LogP contribution < -0.4 is 10.5 Å². The molecule has 0 spiro atoms. The molecule has 2 N–H and O–H groups in total. The predicted molar refractivity (Wildman–Crippen MR) is 90.1 cm³/mol. The summed E-state index contributed by atoms with van der Waals surface area (Å²) in [5.41, 5.74) is 8.53. The molecule has 2 rings (SSSR count). The predicted octanol–water partition coefficient (Wildman–Crippen LogP) is 4.11. The molecule has 0 bridgehead atoms. The number of pyridine rings is 1. The monoisotopic (exact) mass is 300 g/mol. The van der Waals surface area contributed by atoms with Gasteiger partial charge in [0.25, 0.3) is 0 Å². The maximum Gasteiger partial charge on any atom is 0.156 e. The summed E-state index contributed by atoms with van der Waals surface area (Å²) in [5.74, 6) is 1.39. The van der Waals surface area contributed by atoms with Crippen molar-refractivity contribution in [1.82, 2.24) is 4.98 Å². The lowest BCUT2D eigenvalue weighted by molar-refractivity contribution is 0.452. The standard InChI is InChI=1S/C17H20N2OS/c1-11-7-8-13(12(10-11)17(2,3)4)20-14-6-5-9-19-15(14)16(18)21/h5-10H,1-4H3,(H2,18,21). The lowest BCUT2D eigenvalue weighted by Crippen LogP contribution is -2.15. The molecule has 3 nitrogen and oxygen atoms in total. The van der Waals surface area contributed by atoms with Crippen LogP contribution in [0, 0.1) is 6.92 Å². The largest absolute Gasteiger partial charge is 0.455 e. The van der Waals surface area contributed by atoms with Gasteiger partial charge in [-0.1, -0.05) is 50.7 Å². The summed E-state index contributed by atoms with van der Waals surface area (Å²) in [7, 11) is 0. The summed E-state index contributed by atoms with van der Waals surface area (Å²) >= 11 is 5.03. The van der Waals surface area contributed by atoms with E-state index in [-0.39, 0.29) is 10.4 Å². The Morgan fingerprint density at radius 3 is 2.52 bits per heavy atom. The maximum atomic E-state index is 6.05. The molecule has 0 saturated carbocycles. The number of nitrogens with zero attached hydrogens (tertiary/aromatic N) is 1. The molecule has 0 aliphatic rings. The Hall–Kier alpha value is -1.94. The van der Waals surface area contributed by atoms with Gasteiger partial charge in [0.15, 0.2) is 5.75 Å². The normalized spacial score (nSPS) is 11.2. The topological polar surface area (TPSA) is 48.1 Å². The molecule has 0 saturated heterocycles. The van der Waals surface area contributed by atoms with Crippen molar-refractivity contribution in [2.75, 3.05) is 0 Å². The van der Waals surface area contributed by atoms with E-state index in [2.05, 4.69) is 38.7 Å². The van der Waals surface area contributed by atoms with Gasteiger partial charge >= 0.3 is 0 Å². The number of hydrogen-bond donors (Lipinski definition) is 1. The summed E-state index contributed by atoms with van der Waals surface area (Å²) in [6.07, 6.45) is 1.65. The molecule has 1 aromatic carbocycles. The molecule has 0 unspecified atom stereocenters. The number of aromatic nitrogens is 1. The van der Waals surface area contributed by atoms with Gasteiger partial charge in [-0.3, -0.25) is 0 Å². The second kappa shape index (κ2) is 5.82. The van der Waals surface area contributed by atoms with Crippen molar-refractivity contribution in [3.05, 3.63) is 53.3 Å². The third-order valence-electron chi connectivity index (χ3n) is 3.17. The Balaban J connectivity index is 2.48. The van der Waals surface area contributed by atoms with Crippen LogP contribution in [0.25, 0.3) is 0 Å². The first-order chi connectivity index (χ1) is 9.79. The first-order valence-corrected chi connectivity index (χ1v) is 7.23. The van der Waals surface area contributed by atoms with Crippen LogP contribution in [0.5, 0.6) is 11.5 Å². The van der Waals surface area contributed by atoms with E-state index in [1.54, 1.807) is 6.20 Å². The van der Waals surface area contributed by atoms with Crippen LogP contribution in [0.1, 0.15) is 37.6 Å². The Morgan fingerprint density at radius 1 is 1.19 bits per heavy atom. The van der Waals surface area contributed by atoms with Gasteiger partial charge in [0.1, 0.15) is 16.4 Å². The third-order valence-corrected chi connectivity index (χ3v) is 3.36. The zero-order valence-electron chi connectivity index (χ0n) is 12.8. The van der Waals surface area contributed by atoms with Crippen molar-refractivity contribution in [1.29, 1.82) is 0 Å². The number of thiocarbonyl (C=S) groups is 1. The molecule has 0 aliphatic carbocycles. The highest BCUT2D eigenvalue weighted by Gasteiger charge is 2.20. The van der Waals surface area contributed by atoms with Crippen molar-refractivity contribution >= 4 is 17.2 Å². The molecule has 0 radical (unpaired) electrons. The van der Waals surface area contributed by atoms with Gasteiger partial charge in [0.05, 0.1) is 0 Å². The average molecular weight is 300 g/mol. The molecule has 2 aromatic rings. The van der Waals surface area contributed by atoms with Gasteiger partial charge in [-0.25, -0.2) is 4.98 Å². The fourth-order valence-corrected chi connectivity index (χ4v) is 2.25. The third kappa shape index (κ3) is 3.58. The van der Waals surface area contributed by atoms with Gasteiger partial charge in [0.2, 0.25) is 0 Å².